The van der Waals surface area contributed by atoms with Gasteiger partial charge < -0.3 is 15.4 Å². The summed E-state index contributed by atoms with van der Waals surface area (Å²) in [4.78, 5) is 29.3. The first-order valence-corrected chi connectivity index (χ1v) is 10.1. The molecule has 0 atom stereocenters. The lowest BCUT2D eigenvalue weighted by molar-refractivity contribution is -0.147. The number of piperidine rings is 1. The number of nitrogens with zero attached hydrogens (tertiary/aromatic N) is 2. The van der Waals surface area contributed by atoms with Crippen LogP contribution in [0, 0.1) is 12.8 Å². The Labute approximate surface area is 166 Å². The number of aliphatic imine (C=N–C) groups is 1. The third-order valence-electron chi connectivity index (χ3n) is 5.08. The Bertz CT molecular complexity index is 727. The van der Waals surface area contributed by atoms with Gasteiger partial charge in [0.2, 0.25) is 11.8 Å². The van der Waals surface area contributed by atoms with Crippen molar-refractivity contribution in [1.82, 2.24) is 15.5 Å². The predicted octanol–water partition coefficient (Wildman–Crippen LogP) is 1.99. The van der Waals surface area contributed by atoms with Gasteiger partial charge in [0.15, 0.2) is 5.96 Å². The Hall–Kier alpha value is -2.57. The highest BCUT2D eigenvalue weighted by Gasteiger charge is 2.25. The highest BCUT2D eigenvalue weighted by atomic mass is 16.5. The molecule has 0 bridgehead atoms. The summed E-state index contributed by atoms with van der Waals surface area (Å²) in [7, 11) is 1.70. The van der Waals surface area contributed by atoms with Crippen LogP contribution in [-0.2, 0) is 16.1 Å². The van der Waals surface area contributed by atoms with Crippen LogP contribution in [0.1, 0.15) is 43.2 Å². The summed E-state index contributed by atoms with van der Waals surface area (Å²) < 4.78 is 6.01. The number of benzene rings is 1. The lowest BCUT2D eigenvalue weighted by atomic mass is 10.1. The Morgan fingerprint density at radius 2 is 1.96 bits per heavy atom. The maximum atomic E-state index is 11.9. The van der Waals surface area contributed by atoms with Gasteiger partial charge in [-0.25, -0.2) is 0 Å². The molecular weight excluding hydrogens is 356 g/mol. The fraction of sp³-hybridized carbons (Fsp3) is 0.571. The van der Waals surface area contributed by atoms with Crippen molar-refractivity contribution >= 4 is 17.8 Å². The molecule has 2 aliphatic rings. The number of guanidine groups is 1. The van der Waals surface area contributed by atoms with Crippen LogP contribution in [0.3, 0.4) is 0 Å². The van der Waals surface area contributed by atoms with Crippen LogP contribution in [-0.4, -0.2) is 49.4 Å². The average Bonchev–Trinajstić information content (AvgIpc) is 3.50. The number of carbonyl (C=O) groups excluding carboxylic acids is 2. The molecule has 1 saturated heterocycles. The molecule has 1 aliphatic carbocycles. The van der Waals surface area contributed by atoms with Gasteiger partial charge in [-0.15, -0.1) is 0 Å². The second-order valence-electron chi connectivity index (χ2n) is 7.51. The molecule has 2 N–H and O–H groups in total. The zero-order valence-corrected chi connectivity index (χ0v) is 16.8. The Morgan fingerprint density at radius 1 is 1.21 bits per heavy atom. The summed E-state index contributed by atoms with van der Waals surface area (Å²) in [6.45, 7) is 4.25. The van der Waals surface area contributed by atoms with E-state index in [9.17, 15) is 9.59 Å². The third kappa shape index (κ3) is 5.71. The van der Waals surface area contributed by atoms with E-state index >= 15 is 0 Å². The lowest BCUT2D eigenvalue weighted by Gasteiger charge is -2.25. The summed E-state index contributed by atoms with van der Waals surface area (Å²) in [6, 6.07) is 6.22. The number of likely N-dealkylation sites (tertiary alicyclic amines) is 1. The molecule has 3 rings (SSSR count). The minimum atomic E-state index is -0.0851. The Kier molecular flexibility index (Phi) is 6.90. The quantitative estimate of drug-likeness (QED) is 0.406. The van der Waals surface area contributed by atoms with Gasteiger partial charge in [0.1, 0.15) is 5.75 Å². The van der Waals surface area contributed by atoms with Crippen LogP contribution >= 0.6 is 0 Å². The van der Waals surface area contributed by atoms with Crippen LogP contribution in [0.25, 0.3) is 0 Å². The van der Waals surface area contributed by atoms with Crippen LogP contribution in [0.4, 0.5) is 0 Å². The fourth-order valence-electron chi connectivity index (χ4n) is 3.17. The largest absolute Gasteiger partial charge is 0.493 e. The van der Waals surface area contributed by atoms with Crippen molar-refractivity contribution in [2.45, 2.75) is 45.6 Å². The standard InChI is InChI=1S/C21H30N4O3/c1-15-6-9-17(18(12-15)28-14-16-7-8-16)13-24-21(22-2)23-10-11-25-19(26)4-3-5-20(25)27/h6,9,12,16H,3-5,7-8,10-11,13-14H2,1-2H3,(H2,22,23,24). The van der Waals surface area contributed by atoms with Crippen LogP contribution in [0.5, 0.6) is 5.75 Å². The minimum Gasteiger partial charge on any atom is -0.493 e. The zero-order chi connectivity index (χ0) is 19.9. The Morgan fingerprint density at radius 3 is 2.64 bits per heavy atom. The smallest absolute Gasteiger partial charge is 0.229 e. The summed E-state index contributed by atoms with van der Waals surface area (Å²) in [5.41, 5.74) is 2.25. The van der Waals surface area contributed by atoms with Gasteiger partial charge in [0.05, 0.1) is 6.61 Å². The molecule has 7 nitrogen and oxygen atoms in total. The first-order valence-electron chi connectivity index (χ1n) is 10.1. The summed E-state index contributed by atoms with van der Waals surface area (Å²) >= 11 is 0. The maximum Gasteiger partial charge on any atom is 0.229 e. The minimum absolute atomic E-state index is 0.0851. The molecular formula is C21H30N4O3. The van der Waals surface area contributed by atoms with E-state index in [2.05, 4.69) is 40.7 Å². The molecule has 28 heavy (non-hydrogen) atoms. The maximum absolute atomic E-state index is 11.9. The molecule has 0 unspecified atom stereocenters. The van der Waals surface area contributed by atoms with E-state index in [4.69, 9.17) is 4.74 Å². The molecule has 0 radical (unpaired) electrons. The number of aryl methyl sites for hydroxylation is 1. The molecule has 1 saturated carbocycles. The molecule has 2 amide bonds. The van der Waals surface area contributed by atoms with Gasteiger partial charge in [-0.3, -0.25) is 19.5 Å². The number of imide groups is 1. The van der Waals surface area contributed by atoms with Gasteiger partial charge >= 0.3 is 0 Å². The third-order valence-corrected chi connectivity index (χ3v) is 5.08. The normalized spacial score (nSPS) is 17.6. The highest BCUT2D eigenvalue weighted by Crippen LogP contribution is 2.30. The second kappa shape index (κ2) is 9.57. The van der Waals surface area contributed by atoms with Crippen molar-refractivity contribution in [2.75, 3.05) is 26.7 Å². The fourth-order valence-corrected chi connectivity index (χ4v) is 3.17. The van der Waals surface area contributed by atoms with Gasteiger partial charge in [-0.1, -0.05) is 12.1 Å². The number of rotatable bonds is 8. The topological polar surface area (TPSA) is 83.0 Å². The van der Waals surface area contributed by atoms with Gasteiger partial charge in [-0.2, -0.15) is 0 Å². The van der Waals surface area contributed by atoms with E-state index in [0.717, 1.165) is 17.9 Å². The molecule has 0 spiro atoms. The number of amides is 2. The summed E-state index contributed by atoms with van der Waals surface area (Å²) in [5.74, 6) is 2.08. The number of nitrogens with one attached hydrogen (secondary N) is 2. The molecule has 7 heteroatoms. The monoisotopic (exact) mass is 386 g/mol. The van der Waals surface area contributed by atoms with E-state index in [1.54, 1.807) is 7.05 Å². The van der Waals surface area contributed by atoms with E-state index in [1.165, 1.54) is 23.3 Å². The zero-order valence-electron chi connectivity index (χ0n) is 16.8. The lowest BCUT2D eigenvalue weighted by Crippen LogP contribution is -2.46. The Balaban J connectivity index is 1.48. The number of hydrogen-bond acceptors (Lipinski definition) is 4. The first kappa shape index (κ1) is 20.2. The molecule has 1 aromatic carbocycles. The van der Waals surface area contributed by atoms with E-state index in [-0.39, 0.29) is 11.8 Å². The van der Waals surface area contributed by atoms with Gasteiger partial charge in [-0.05, 0) is 43.7 Å². The van der Waals surface area contributed by atoms with Crippen molar-refractivity contribution in [3.05, 3.63) is 29.3 Å². The molecule has 1 aromatic rings. The van der Waals surface area contributed by atoms with Crippen molar-refractivity contribution in [2.24, 2.45) is 10.9 Å². The molecule has 2 fully saturated rings. The highest BCUT2D eigenvalue weighted by molar-refractivity contribution is 5.97. The van der Waals surface area contributed by atoms with Crippen molar-refractivity contribution in [3.8, 4) is 5.75 Å². The second-order valence-corrected chi connectivity index (χ2v) is 7.51. The van der Waals surface area contributed by atoms with E-state index in [1.807, 2.05) is 0 Å². The summed E-state index contributed by atoms with van der Waals surface area (Å²) in [5, 5.41) is 6.45. The van der Waals surface area contributed by atoms with Crippen LogP contribution < -0.4 is 15.4 Å². The van der Waals surface area contributed by atoms with Crippen molar-refractivity contribution in [1.29, 1.82) is 0 Å². The van der Waals surface area contributed by atoms with E-state index < -0.39 is 0 Å². The molecule has 1 aliphatic heterocycles. The van der Waals surface area contributed by atoms with Crippen LogP contribution in [0.15, 0.2) is 23.2 Å². The SMILES string of the molecule is CN=C(NCCN1C(=O)CCCC1=O)NCc1ccc(C)cc1OCC1CC1. The van der Waals surface area contributed by atoms with Crippen molar-refractivity contribution < 1.29 is 14.3 Å². The number of carbonyl (C=O) groups is 2. The average molecular weight is 386 g/mol. The molecule has 152 valence electrons. The van der Waals surface area contributed by atoms with Crippen LogP contribution in [0.2, 0.25) is 0 Å². The van der Waals surface area contributed by atoms with Crippen molar-refractivity contribution in [3.63, 3.8) is 0 Å². The number of hydrogen-bond donors (Lipinski definition) is 2. The molecule has 1 heterocycles. The first-order chi connectivity index (χ1) is 13.6. The summed E-state index contributed by atoms with van der Waals surface area (Å²) in [6.07, 6.45) is 4.09. The van der Waals surface area contributed by atoms with E-state index in [0.29, 0.717) is 50.8 Å². The number of ether oxygens (including phenoxy) is 1. The van der Waals surface area contributed by atoms with Gasteiger partial charge in [0, 0.05) is 45.1 Å². The molecule has 0 aromatic heterocycles. The van der Waals surface area contributed by atoms with Gasteiger partial charge in [0.25, 0.3) is 0 Å². The predicted molar refractivity (Wildman–Crippen MR) is 108 cm³/mol.